The van der Waals surface area contributed by atoms with E-state index in [0.717, 1.165) is 24.2 Å². The van der Waals surface area contributed by atoms with Crippen LogP contribution in [-0.2, 0) is 11.3 Å². The first-order valence-corrected chi connectivity index (χ1v) is 9.67. The number of carbonyl (C=O) groups is 1. The lowest BCUT2D eigenvalue weighted by molar-refractivity contribution is 0.0963. The lowest BCUT2D eigenvalue weighted by Gasteiger charge is -2.31. The number of piperidine rings is 1. The largest absolute Gasteiger partial charge is 0.493 e. The predicted molar refractivity (Wildman–Crippen MR) is 107 cm³/mol. The number of nitrogens with two attached hydrogens (primary N) is 1. The van der Waals surface area contributed by atoms with E-state index in [0.29, 0.717) is 44.7 Å². The van der Waals surface area contributed by atoms with Crippen LogP contribution in [0.5, 0.6) is 5.75 Å². The van der Waals surface area contributed by atoms with Crippen LogP contribution in [0.1, 0.15) is 39.2 Å². The highest BCUT2D eigenvalue weighted by molar-refractivity contribution is 5.78. The minimum atomic E-state index is -0.239. The minimum absolute atomic E-state index is 0.222. The van der Waals surface area contributed by atoms with Crippen molar-refractivity contribution in [3.63, 3.8) is 0 Å². The van der Waals surface area contributed by atoms with Gasteiger partial charge in [0.05, 0.1) is 19.8 Å². The third-order valence-electron chi connectivity index (χ3n) is 4.29. The summed E-state index contributed by atoms with van der Waals surface area (Å²) in [5.41, 5.74) is 7.09. The molecule has 1 saturated heterocycles. The predicted octanol–water partition coefficient (Wildman–Crippen LogP) is 2.75. The minimum Gasteiger partial charge on any atom is -0.493 e. The van der Waals surface area contributed by atoms with E-state index in [1.807, 2.05) is 31.2 Å². The van der Waals surface area contributed by atoms with Gasteiger partial charge >= 0.3 is 6.09 Å². The maximum absolute atomic E-state index is 11.7. The van der Waals surface area contributed by atoms with Gasteiger partial charge in [-0.1, -0.05) is 26.0 Å². The topological polar surface area (TPSA) is 89.2 Å². The van der Waals surface area contributed by atoms with E-state index in [9.17, 15) is 4.79 Å². The molecule has 0 spiro atoms. The normalized spacial score (nSPS) is 15.7. The van der Waals surface area contributed by atoms with E-state index in [4.69, 9.17) is 15.2 Å². The fraction of sp³-hybridized carbons (Fsp3) is 0.600. The van der Waals surface area contributed by atoms with Crippen LogP contribution in [0.25, 0.3) is 0 Å². The Hall–Kier alpha value is -2.44. The van der Waals surface area contributed by atoms with Crippen LogP contribution in [0, 0.1) is 5.92 Å². The molecule has 150 valence electrons. The smallest absolute Gasteiger partial charge is 0.409 e. The number of hydrogen-bond donors (Lipinski definition) is 2. The van der Waals surface area contributed by atoms with E-state index >= 15 is 0 Å². The summed E-state index contributed by atoms with van der Waals surface area (Å²) < 4.78 is 10.8. The summed E-state index contributed by atoms with van der Waals surface area (Å²) in [6.07, 6.45) is 1.42. The second kappa shape index (κ2) is 10.6. The standard InChI is InChI=1S/C20H32N4O3/c1-4-26-20(25)24-10-8-17(9-11-24)23-19(21)22-13-16-6-5-7-18(12-16)27-14-15(2)3/h5-7,12,15,17H,4,8-11,13-14H2,1-3H3,(H3,21,22,23). The number of nitrogens with one attached hydrogen (secondary N) is 1. The van der Waals surface area contributed by atoms with Crippen LogP contribution in [0.4, 0.5) is 4.79 Å². The van der Waals surface area contributed by atoms with Crippen LogP contribution in [0.3, 0.4) is 0 Å². The Kier molecular flexibility index (Phi) is 8.23. The van der Waals surface area contributed by atoms with Gasteiger partial charge in [0.2, 0.25) is 0 Å². The van der Waals surface area contributed by atoms with Crippen molar-refractivity contribution in [2.24, 2.45) is 16.6 Å². The molecule has 0 bridgehead atoms. The number of aliphatic imine (C=N–C) groups is 1. The molecule has 0 aliphatic carbocycles. The van der Waals surface area contributed by atoms with Crippen molar-refractivity contribution in [1.82, 2.24) is 10.2 Å². The maximum atomic E-state index is 11.7. The molecule has 1 aliphatic rings. The van der Waals surface area contributed by atoms with Crippen molar-refractivity contribution >= 4 is 12.1 Å². The third kappa shape index (κ3) is 7.37. The van der Waals surface area contributed by atoms with Gasteiger partial charge in [0.25, 0.3) is 0 Å². The van der Waals surface area contributed by atoms with E-state index < -0.39 is 0 Å². The number of rotatable bonds is 7. The van der Waals surface area contributed by atoms with Crippen molar-refractivity contribution in [2.45, 2.75) is 46.2 Å². The van der Waals surface area contributed by atoms with Gasteiger partial charge in [-0.3, -0.25) is 0 Å². The highest BCUT2D eigenvalue weighted by Gasteiger charge is 2.23. The quantitative estimate of drug-likeness (QED) is 0.564. The van der Waals surface area contributed by atoms with Crippen LogP contribution >= 0.6 is 0 Å². The molecule has 1 aliphatic heterocycles. The molecule has 7 heteroatoms. The number of guanidine groups is 1. The molecule has 0 aromatic heterocycles. The van der Waals surface area contributed by atoms with E-state index in [-0.39, 0.29) is 12.1 Å². The summed E-state index contributed by atoms with van der Waals surface area (Å²) in [7, 11) is 0. The molecule has 0 radical (unpaired) electrons. The van der Waals surface area contributed by atoms with Gasteiger partial charge in [-0.15, -0.1) is 0 Å². The number of likely N-dealkylation sites (tertiary alicyclic amines) is 1. The number of nitrogens with zero attached hydrogens (tertiary/aromatic N) is 2. The Morgan fingerprint density at radius 1 is 1.37 bits per heavy atom. The monoisotopic (exact) mass is 376 g/mol. The Morgan fingerprint density at radius 2 is 2.11 bits per heavy atom. The number of amides is 1. The Morgan fingerprint density at radius 3 is 2.78 bits per heavy atom. The van der Waals surface area contributed by atoms with Gasteiger partial charge in [-0.25, -0.2) is 9.79 Å². The molecule has 2 rings (SSSR count). The molecule has 1 heterocycles. The average Bonchev–Trinajstić information content (AvgIpc) is 2.66. The Bertz CT molecular complexity index is 625. The lowest BCUT2D eigenvalue weighted by Crippen LogP contribution is -2.48. The van der Waals surface area contributed by atoms with E-state index in [1.165, 1.54) is 0 Å². The first-order valence-electron chi connectivity index (χ1n) is 9.67. The molecule has 1 fully saturated rings. The highest BCUT2D eigenvalue weighted by Crippen LogP contribution is 2.15. The van der Waals surface area contributed by atoms with Gasteiger partial charge in [0, 0.05) is 19.1 Å². The van der Waals surface area contributed by atoms with E-state index in [1.54, 1.807) is 4.90 Å². The summed E-state index contributed by atoms with van der Waals surface area (Å²) in [6, 6.07) is 8.15. The van der Waals surface area contributed by atoms with E-state index in [2.05, 4.69) is 24.2 Å². The molecule has 1 aromatic rings. The zero-order valence-electron chi connectivity index (χ0n) is 16.6. The van der Waals surface area contributed by atoms with Crippen LogP contribution in [0.15, 0.2) is 29.3 Å². The highest BCUT2D eigenvalue weighted by atomic mass is 16.6. The van der Waals surface area contributed by atoms with Crippen molar-refractivity contribution in [1.29, 1.82) is 0 Å². The molecular weight excluding hydrogens is 344 g/mol. The summed E-state index contributed by atoms with van der Waals surface area (Å²) in [5, 5.41) is 3.25. The molecular formula is C20H32N4O3. The third-order valence-corrected chi connectivity index (χ3v) is 4.29. The summed E-state index contributed by atoms with van der Waals surface area (Å²) >= 11 is 0. The first-order chi connectivity index (χ1) is 13.0. The number of benzene rings is 1. The van der Waals surface area contributed by atoms with Gasteiger partial charge in [-0.05, 0) is 43.4 Å². The van der Waals surface area contributed by atoms with Crippen LogP contribution < -0.4 is 15.8 Å². The Labute approximate surface area is 161 Å². The average molecular weight is 377 g/mol. The second-order valence-electron chi connectivity index (χ2n) is 7.16. The van der Waals surface area contributed by atoms with Crippen LogP contribution in [0.2, 0.25) is 0 Å². The fourth-order valence-electron chi connectivity index (χ4n) is 2.85. The molecule has 7 nitrogen and oxygen atoms in total. The number of ether oxygens (including phenoxy) is 2. The molecule has 0 unspecified atom stereocenters. The summed E-state index contributed by atoms with van der Waals surface area (Å²) in [6.45, 7) is 8.99. The van der Waals surface area contributed by atoms with Crippen molar-refractivity contribution in [3.8, 4) is 5.75 Å². The second-order valence-corrected chi connectivity index (χ2v) is 7.16. The first kappa shape index (κ1) is 20.9. The molecule has 3 N–H and O–H groups in total. The molecule has 27 heavy (non-hydrogen) atoms. The molecule has 0 atom stereocenters. The summed E-state index contributed by atoms with van der Waals surface area (Å²) in [5.74, 6) is 1.77. The molecule has 0 saturated carbocycles. The van der Waals surface area contributed by atoms with Gasteiger partial charge in [0.1, 0.15) is 5.75 Å². The van der Waals surface area contributed by atoms with Gasteiger partial charge < -0.3 is 25.4 Å². The molecule has 1 aromatic carbocycles. The molecule has 1 amide bonds. The van der Waals surface area contributed by atoms with Crippen molar-refractivity contribution in [3.05, 3.63) is 29.8 Å². The van der Waals surface area contributed by atoms with Crippen molar-refractivity contribution < 1.29 is 14.3 Å². The van der Waals surface area contributed by atoms with Gasteiger partial charge in [-0.2, -0.15) is 0 Å². The maximum Gasteiger partial charge on any atom is 0.409 e. The Balaban J connectivity index is 1.78. The number of hydrogen-bond acceptors (Lipinski definition) is 4. The SMILES string of the molecule is CCOC(=O)N1CCC(NC(N)=NCc2cccc(OCC(C)C)c2)CC1. The van der Waals surface area contributed by atoms with Crippen LogP contribution in [-0.4, -0.2) is 49.3 Å². The fourth-order valence-corrected chi connectivity index (χ4v) is 2.85. The van der Waals surface area contributed by atoms with Crippen molar-refractivity contribution in [2.75, 3.05) is 26.3 Å². The summed E-state index contributed by atoms with van der Waals surface area (Å²) in [4.78, 5) is 17.9. The number of carbonyl (C=O) groups excluding carboxylic acids is 1. The van der Waals surface area contributed by atoms with Gasteiger partial charge in [0.15, 0.2) is 5.96 Å². The zero-order chi connectivity index (χ0) is 19.6. The zero-order valence-corrected chi connectivity index (χ0v) is 16.6. The lowest BCUT2D eigenvalue weighted by atomic mass is 10.1.